The molecule has 0 aliphatic carbocycles. The van der Waals surface area contributed by atoms with Gasteiger partial charge in [0, 0.05) is 0 Å². The fourth-order valence-corrected chi connectivity index (χ4v) is 2.10. The predicted molar refractivity (Wildman–Crippen MR) is 82.9 cm³/mol. The van der Waals surface area contributed by atoms with Crippen LogP contribution in [0.2, 0.25) is 5.02 Å². The summed E-state index contributed by atoms with van der Waals surface area (Å²) in [7, 11) is 0. The maximum absolute atomic E-state index is 11.9. The van der Waals surface area contributed by atoms with Crippen LogP contribution in [0.1, 0.15) is 18.5 Å². The molecule has 0 saturated heterocycles. The summed E-state index contributed by atoms with van der Waals surface area (Å²) in [5.41, 5.74) is 1.84. The van der Waals surface area contributed by atoms with Crippen LogP contribution >= 0.6 is 11.6 Å². The fourth-order valence-electron chi connectivity index (χ4n) is 1.90. The van der Waals surface area contributed by atoms with E-state index in [1.165, 1.54) is 0 Å². The van der Waals surface area contributed by atoms with Crippen LogP contribution in [0, 0.1) is 0 Å². The van der Waals surface area contributed by atoms with E-state index in [1.807, 2.05) is 55.5 Å². The van der Waals surface area contributed by atoms with Gasteiger partial charge < -0.3 is 10.6 Å². The lowest BCUT2D eigenvalue weighted by Crippen LogP contribution is -2.32. The van der Waals surface area contributed by atoms with Crippen LogP contribution in [0.25, 0.3) is 0 Å². The minimum absolute atomic E-state index is 0.0169. The largest absolute Gasteiger partial charge is 0.375 e. The Kier molecular flexibility index (Phi) is 5.02. The third-order valence-corrected chi connectivity index (χ3v) is 3.32. The van der Waals surface area contributed by atoms with E-state index in [9.17, 15) is 4.79 Å². The van der Waals surface area contributed by atoms with Gasteiger partial charge in [0.05, 0.1) is 23.3 Å². The number of para-hydroxylation sites is 1. The Balaban J connectivity index is 1.86. The van der Waals surface area contributed by atoms with Crippen molar-refractivity contribution in [2.75, 3.05) is 11.9 Å². The molecule has 2 aromatic carbocycles. The molecule has 0 aliphatic rings. The molecular formula is C16H17ClN2O. The molecule has 4 heteroatoms. The van der Waals surface area contributed by atoms with Crippen LogP contribution in [0.3, 0.4) is 0 Å². The lowest BCUT2D eigenvalue weighted by Gasteiger charge is -2.15. The van der Waals surface area contributed by atoms with Gasteiger partial charge in [-0.05, 0) is 24.6 Å². The first-order chi connectivity index (χ1) is 9.66. The molecule has 0 aliphatic heterocycles. The highest BCUT2D eigenvalue weighted by Gasteiger charge is 2.09. The average Bonchev–Trinajstić information content (AvgIpc) is 2.47. The zero-order valence-corrected chi connectivity index (χ0v) is 12.0. The van der Waals surface area contributed by atoms with Crippen LogP contribution < -0.4 is 10.6 Å². The topological polar surface area (TPSA) is 41.1 Å². The molecular weight excluding hydrogens is 272 g/mol. The molecule has 0 saturated carbocycles. The van der Waals surface area contributed by atoms with Crippen LogP contribution in [0.15, 0.2) is 54.6 Å². The smallest absolute Gasteiger partial charge is 0.239 e. The van der Waals surface area contributed by atoms with E-state index >= 15 is 0 Å². The van der Waals surface area contributed by atoms with E-state index in [-0.39, 0.29) is 18.5 Å². The molecule has 3 nitrogen and oxygen atoms in total. The van der Waals surface area contributed by atoms with Crippen molar-refractivity contribution in [2.24, 2.45) is 0 Å². The molecule has 0 unspecified atom stereocenters. The van der Waals surface area contributed by atoms with Crippen molar-refractivity contribution >= 4 is 23.2 Å². The molecule has 104 valence electrons. The number of anilines is 1. The number of hydrogen-bond donors (Lipinski definition) is 2. The molecule has 20 heavy (non-hydrogen) atoms. The molecule has 0 fully saturated rings. The number of carbonyl (C=O) groups is 1. The molecule has 2 rings (SSSR count). The number of hydrogen-bond acceptors (Lipinski definition) is 2. The van der Waals surface area contributed by atoms with Gasteiger partial charge in [0.15, 0.2) is 0 Å². The number of carbonyl (C=O) groups excluding carboxylic acids is 1. The van der Waals surface area contributed by atoms with E-state index in [0.717, 1.165) is 11.3 Å². The summed E-state index contributed by atoms with van der Waals surface area (Å²) in [5.74, 6) is -0.0683. The standard InChI is InChI=1S/C16H17ClN2O/c1-12(13-7-3-2-4-8-13)19-16(20)11-18-15-10-6-5-9-14(15)17/h2-10,12,18H,11H2,1H3,(H,19,20)/t12-/m0/s1. The Labute approximate surface area is 124 Å². The normalized spacial score (nSPS) is 11.7. The van der Waals surface area contributed by atoms with Gasteiger partial charge in [-0.15, -0.1) is 0 Å². The van der Waals surface area contributed by atoms with Crippen molar-refractivity contribution in [3.8, 4) is 0 Å². The molecule has 0 aromatic heterocycles. The number of nitrogens with one attached hydrogen (secondary N) is 2. The van der Waals surface area contributed by atoms with E-state index < -0.39 is 0 Å². The maximum atomic E-state index is 11.9. The Morgan fingerprint density at radius 3 is 2.45 bits per heavy atom. The second-order valence-electron chi connectivity index (χ2n) is 4.53. The van der Waals surface area contributed by atoms with Crippen molar-refractivity contribution in [3.63, 3.8) is 0 Å². The molecule has 0 spiro atoms. The summed E-state index contributed by atoms with van der Waals surface area (Å²) in [6.07, 6.45) is 0. The first-order valence-electron chi connectivity index (χ1n) is 6.49. The van der Waals surface area contributed by atoms with Gasteiger partial charge >= 0.3 is 0 Å². The van der Waals surface area contributed by atoms with E-state index in [2.05, 4.69) is 10.6 Å². The van der Waals surface area contributed by atoms with Crippen molar-refractivity contribution < 1.29 is 4.79 Å². The van der Waals surface area contributed by atoms with Gasteiger partial charge in [-0.3, -0.25) is 4.79 Å². The molecule has 1 amide bonds. The van der Waals surface area contributed by atoms with Crippen LogP contribution in [0.5, 0.6) is 0 Å². The number of benzene rings is 2. The summed E-state index contributed by atoms with van der Waals surface area (Å²) < 4.78 is 0. The van der Waals surface area contributed by atoms with Crippen LogP contribution in [-0.2, 0) is 4.79 Å². The third kappa shape index (κ3) is 4.00. The second kappa shape index (κ2) is 6.96. The molecule has 1 atom stereocenters. The SMILES string of the molecule is C[C@H](NC(=O)CNc1ccccc1Cl)c1ccccc1. The Morgan fingerprint density at radius 1 is 1.10 bits per heavy atom. The van der Waals surface area contributed by atoms with Gasteiger partial charge in [-0.1, -0.05) is 54.1 Å². The zero-order valence-electron chi connectivity index (χ0n) is 11.3. The highest BCUT2D eigenvalue weighted by molar-refractivity contribution is 6.33. The molecule has 2 aromatic rings. The number of halogens is 1. The lowest BCUT2D eigenvalue weighted by molar-refractivity contribution is -0.120. The van der Waals surface area contributed by atoms with Crippen molar-refractivity contribution in [1.29, 1.82) is 0 Å². The van der Waals surface area contributed by atoms with Crippen LogP contribution in [0.4, 0.5) is 5.69 Å². The quantitative estimate of drug-likeness (QED) is 0.882. The highest BCUT2D eigenvalue weighted by Crippen LogP contribution is 2.20. The second-order valence-corrected chi connectivity index (χ2v) is 4.94. The summed E-state index contributed by atoms with van der Waals surface area (Å²) in [4.78, 5) is 11.9. The average molecular weight is 289 g/mol. The van der Waals surface area contributed by atoms with Gasteiger partial charge in [-0.25, -0.2) is 0 Å². The monoisotopic (exact) mass is 288 g/mol. The van der Waals surface area contributed by atoms with E-state index in [4.69, 9.17) is 11.6 Å². The summed E-state index contributed by atoms with van der Waals surface area (Å²) in [6, 6.07) is 17.2. The van der Waals surface area contributed by atoms with Crippen molar-refractivity contribution in [2.45, 2.75) is 13.0 Å². The number of amides is 1. The Morgan fingerprint density at radius 2 is 1.75 bits per heavy atom. The zero-order chi connectivity index (χ0) is 14.4. The first kappa shape index (κ1) is 14.4. The fraction of sp³-hybridized carbons (Fsp3) is 0.188. The number of rotatable bonds is 5. The van der Waals surface area contributed by atoms with Gasteiger partial charge in [0.1, 0.15) is 0 Å². The van der Waals surface area contributed by atoms with Gasteiger partial charge in [-0.2, -0.15) is 0 Å². The molecule has 0 heterocycles. The summed E-state index contributed by atoms with van der Waals surface area (Å²) in [6.45, 7) is 2.16. The molecule has 0 bridgehead atoms. The minimum Gasteiger partial charge on any atom is -0.375 e. The van der Waals surface area contributed by atoms with E-state index in [0.29, 0.717) is 5.02 Å². The van der Waals surface area contributed by atoms with Gasteiger partial charge in [0.25, 0.3) is 0 Å². The first-order valence-corrected chi connectivity index (χ1v) is 6.87. The summed E-state index contributed by atoms with van der Waals surface area (Å²) in [5, 5.41) is 6.57. The maximum Gasteiger partial charge on any atom is 0.239 e. The molecule has 2 N–H and O–H groups in total. The minimum atomic E-state index is -0.0683. The third-order valence-electron chi connectivity index (χ3n) is 2.99. The van der Waals surface area contributed by atoms with Gasteiger partial charge in [0.2, 0.25) is 5.91 Å². The molecule has 0 radical (unpaired) electrons. The lowest BCUT2D eigenvalue weighted by atomic mass is 10.1. The van der Waals surface area contributed by atoms with Crippen LogP contribution in [-0.4, -0.2) is 12.5 Å². The Bertz CT molecular complexity index is 572. The van der Waals surface area contributed by atoms with E-state index in [1.54, 1.807) is 6.07 Å². The van der Waals surface area contributed by atoms with Crippen molar-refractivity contribution in [3.05, 3.63) is 65.2 Å². The highest BCUT2D eigenvalue weighted by atomic mass is 35.5. The summed E-state index contributed by atoms with van der Waals surface area (Å²) >= 11 is 6.02. The Hall–Kier alpha value is -2.00. The van der Waals surface area contributed by atoms with Crippen molar-refractivity contribution in [1.82, 2.24) is 5.32 Å². The predicted octanol–water partition coefficient (Wildman–Crippen LogP) is 3.63.